The van der Waals surface area contributed by atoms with Gasteiger partial charge in [-0.3, -0.25) is 24.1 Å². The first-order chi connectivity index (χ1) is 8.90. The highest BCUT2D eigenvalue weighted by Gasteiger charge is 2.34. The van der Waals surface area contributed by atoms with Crippen LogP contribution in [0, 0.1) is 0 Å². The number of amides is 4. The van der Waals surface area contributed by atoms with Crippen LogP contribution in [0.25, 0.3) is 0 Å². The number of carbonyl (C=O) groups excluding carboxylic acids is 5. The summed E-state index contributed by atoms with van der Waals surface area (Å²) in [5.74, 6) is -4.23. The lowest BCUT2D eigenvalue weighted by Crippen LogP contribution is -2.40. The molecule has 0 spiro atoms. The minimum absolute atomic E-state index is 0.193. The lowest BCUT2D eigenvalue weighted by Gasteiger charge is -2.16. The molecule has 0 aromatic rings. The standard InChI is InChI=1S/C10H8N2O6/c13-6-1-2-7(14)11(6)5-10(17)18-12-8(15)3-4-9(12)16/h1-2H,3-5H2/i3T. The van der Waals surface area contributed by atoms with E-state index in [0.29, 0.717) is 4.90 Å². The van der Waals surface area contributed by atoms with E-state index in [0.717, 1.165) is 12.2 Å². The Kier molecular flexibility index (Phi) is 2.60. The van der Waals surface area contributed by atoms with Crippen LogP contribution in [-0.4, -0.2) is 46.1 Å². The van der Waals surface area contributed by atoms with E-state index < -0.39 is 42.5 Å². The van der Waals surface area contributed by atoms with Gasteiger partial charge in [-0.25, -0.2) is 4.79 Å². The Balaban J connectivity index is 1.95. The highest BCUT2D eigenvalue weighted by molar-refractivity contribution is 6.14. The molecular formula is C10H8N2O6. The Bertz CT molecular complexity index is 510. The van der Waals surface area contributed by atoms with Crippen molar-refractivity contribution in [2.75, 3.05) is 6.54 Å². The minimum atomic E-state index is -1.29. The van der Waals surface area contributed by atoms with Crippen molar-refractivity contribution >= 4 is 29.6 Å². The highest BCUT2D eigenvalue weighted by Crippen LogP contribution is 2.12. The number of hydrogen-bond donors (Lipinski definition) is 0. The molecule has 18 heavy (non-hydrogen) atoms. The van der Waals surface area contributed by atoms with Gasteiger partial charge in [-0.2, -0.15) is 0 Å². The third-order valence-electron chi connectivity index (χ3n) is 2.26. The van der Waals surface area contributed by atoms with Crippen LogP contribution in [0.2, 0.25) is 0 Å². The Labute approximate surface area is 102 Å². The molecule has 1 fully saturated rings. The van der Waals surface area contributed by atoms with Gasteiger partial charge in [0.2, 0.25) is 0 Å². The SMILES string of the molecule is [3H]C1CC(=O)N(OC(=O)CN2C(=O)C=CC2=O)C1=O. The lowest BCUT2D eigenvalue weighted by atomic mass is 10.4. The van der Waals surface area contributed by atoms with Crippen molar-refractivity contribution in [3.05, 3.63) is 12.2 Å². The van der Waals surface area contributed by atoms with Gasteiger partial charge in [0.25, 0.3) is 23.6 Å². The number of hydroxylamine groups is 2. The maximum absolute atomic E-state index is 11.4. The summed E-state index contributed by atoms with van der Waals surface area (Å²) in [6.45, 7) is -0.704. The number of imide groups is 2. The quantitative estimate of drug-likeness (QED) is 0.569. The van der Waals surface area contributed by atoms with E-state index in [4.69, 9.17) is 1.37 Å². The molecule has 1 unspecified atom stereocenters. The van der Waals surface area contributed by atoms with Gasteiger partial charge in [0, 0.05) is 26.3 Å². The van der Waals surface area contributed by atoms with Gasteiger partial charge in [-0.05, 0) is 0 Å². The first-order valence-corrected chi connectivity index (χ1v) is 4.93. The molecular weight excluding hydrogens is 244 g/mol. The molecule has 0 bridgehead atoms. The zero-order valence-corrected chi connectivity index (χ0v) is 8.99. The number of hydrogen-bond acceptors (Lipinski definition) is 6. The summed E-state index contributed by atoms with van der Waals surface area (Å²) in [4.78, 5) is 61.4. The summed E-state index contributed by atoms with van der Waals surface area (Å²) in [5, 5.41) is 0.193. The fourth-order valence-electron chi connectivity index (χ4n) is 1.41. The second kappa shape index (κ2) is 4.40. The van der Waals surface area contributed by atoms with E-state index in [1.54, 1.807) is 0 Å². The molecule has 0 aliphatic carbocycles. The molecule has 0 N–H and O–H groups in total. The van der Waals surface area contributed by atoms with Crippen molar-refractivity contribution in [1.29, 1.82) is 0 Å². The van der Waals surface area contributed by atoms with Crippen molar-refractivity contribution in [3.63, 3.8) is 0 Å². The molecule has 0 aromatic carbocycles. The molecule has 2 aliphatic heterocycles. The second-order valence-electron chi connectivity index (χ2n) is 3.49. The van der Waals surface area contributed by atoms with Crippen molar-refractivity contribution < 1.29 is 30.2 Å². The van der Waals surface area contributed by atoms with Crippen LogP contribution in [0.4, 0.5) is 0 Å². The summed E-state index contributed by atoms with van der Waals surface area (Å²) >= 11 is 0. The van der Waals surface area contributed by atoms with Crippen LogP contribution in [0.5, 0.6) is 0 Å². The minimum Gasteiger partial charge on any atom is -0.328 e. The monoisotopic (exact) mass is 254 g/mol. The Morgan fingerprint density at radius 3 is 2.33 bits per heavy atom. The smallest absolute Gasteiger partial charge is 0.328 e. The molecule has 2 aliphatic rings. The molecule has 0 aromatic heterocycles. The van der Waals surface area contributed by atoms with Crippen LogP contribution in [0.1, 0.15) is 14.2 Å². The molecule has 0 radical (unpaired) electrons. The first-order valence-electron chi connectivity index (χ1n) is 5.51. The topological polar surface area (TPSA) is 101 Å². The fourth-order valence-corrected chi connectivity index (χ4v) is 1.41. The molecule has 8 nitrogen and oxygen atoms in total. The van der Waals surface area contributed by atoms with Gasteiger partial charge in [0.1, 0.15) is 6.54 Å². The predicted octanol–water partition coefficient (Wildman–Crippen LogP) is -1.48. The molecule has 2 rings (SSSR count). The highest BCUT2D eigenvalue weighted by atomic mass is 16.7. The van der Waals surface area contributed by atoms with Gasteiger partial charge < -0.3 is 4.84 Å². The summed E-state index contributed by atoms with van der Waals surface area (Å²) in [5.41, 5.74) is 0. The zero-order valence-electron chi connectivity index (χ0n) is 9.99. The Morgan fingerprint density at radius 1 is 1.22 bits per heavy atom. The number of carbonyl (C=O) groups is 5. The van der Waals surface area contributed by atoms with Crippen LogP contribution < -0.4 is 0 Å². The van der Waals surface area contributed by atoms with Gasteiger partial charge in [-0.15, -0.1) is 5.06 Å². The maximum Gasteiger partial charge on any atom is 0.352 e. The normalized spacial score (nSPS) is 24.0. The Morgan fingerprint density at radius 2 is 1.83 bits per heavy atom. The van der Waals surface area contributed by atoms with Gasteiger partial charge in [0.05, 0.1) is 0 Å². The van der Waals surface area contributed by atoms with E-state index in [2.05, 4.69) is 4.84 Å². The van der Waals surface area contributed by atoms with Gasteiger partial charge in [0.15, 0.2) is 0 Å². The van der Waals surface area contributed by atoms with Crippen LogP contribution in [0.3, 0.4) is 0 Å². The predicted molar refractivity (Wildman–Crippen MR) is 53.0 cm³/mol. The van der Waals surface area contributed by atoms with Crippen molar-refractivity contribution in [1.82, 2.24) is 9.96 Å². The second-order valence-corrected chi connectivity index (χ2v) is 3.49. The van der Waals surface area contributed by atoms with Crippen LogP contribution >= 0.6 is 0 Å². The number of rotatable bonds is 3. The largest absolute Gasteiger partial charge is 0.352 e. The summed E-state index contributed by atoms with van der Waals surface area (Å²) in [6, 6.07) is 0. The molecule has 2 heterocycles. The summed E-state index contributed by atoms with van der Waals surface area (Å²) in [7, 11) is 0. The molecule has 4 amide bonds. The molecule has 0 saturated carbocycles. The van der Waals surface area contributed by atoms with E-state index >= 15 is 0 Å². The van der Waals surface area contributed by atoms with Gasteiger partial charge in [-0.1, -0.05) is 0 Å². The third kappa shape index (κ3) is 2.12. The summed E-state index contributed by atoms with van der Waals surface area (Å²) < 4.78 is 7.20. The van der Waals surface area contributed by atoms with Crippen molar-refractivity contribution in [2.24, 2.45) is 0 Å². The van der Waals surface area contributed by atoms with Crippen LogP contribution in [0.15, 0.2) is 12.2 Å². The van der Waals surface area contributed by atoms with E-state index in [-0.39, 0.29) is 11.5 Å². The molecule has 1 saturated heterocycles. The van der Waals surface area contributed by atoms with Gasteiger partial charge >= 0.3 is 5.97 Å². The first kappa shape index (κ1) is 10.6. The Hall–Kier alpha value is -2.51. The molecule has 94 valence electrons. The average molecular weight is 254 g/mol. The zero-order chi connectivity index (χ0) is 14.2. The van der Waals surface area contributed by atoms with E-state index in [1.807, 2.05) is 0 Å². The molecule has 1 atom stereocenters. The average Bonchev–Trinajstić information content (AvgIpc) is 2.77. The van der Waals surface area contributed by atoms with Crippen LogP contribution in [-0.2, 0) is 28.8 Å². The molecule has 8 heteroatoms. The summed E-state index contributed by atoms with van der Waals surface area (Å²) in [6.07, 6.45) is 0.315. The lowest BCUT2D eigenvalue weighted by molar-refractivity contribution is -0.198. The fraction of sp³-hybridized carbons (Fsp3) is 0.300. The van der Waals surface area contributed by atoms with E-state index in [9.17, 15) is 24.0 Å². The van der Waals surface area contributed by atoms with Crippen molar-refractivity contribution in [2.45, 2.75) is 12.8 Å². The number of nitrogens with zero attached hydrogens (tertiary/aromatic N) is 2. The van der Waals surface area contributed by atoms with E-state index in [1.165, 1.54) is 0 Å². The third-order valence-corrected chi connectivity index (χ3v) is 2.26. The van der Waals surface area contributed by atoms with Crippen molar-refractivity contribution in [3.8, 4) is 0 Å². The maximum atomic E-state index is 11.4.